The number of amides is 2. The van der Waals surface area contributed by atoms with Gasteiger partial charge in [-0.2, -0.15) is 0 Å². The van der Waals surface area contributed by atoms with Crippen molar-refractivity contribution in [2.24, 2.45) is 0 Å². The fraction of sp³-hybridized carbons (Fsp3) is 0.394. The van der Waals surface area contributed by atoms with E-state index in [0.717, 1.165) is 31.2 Å². The molecular weight excluding hydrogens is 491 g/mol. The smallest absolute Gasteiger partial charge is 0.261 e. The second kappa shape index (κ2) is 13.9. The van der Waals surface area contributed by atoms with E-state index in [4.69, 9.17) is 4.74 Å². The molecule has 0 radical (unpaired) electrons. The average Bonchev–Trinajstić information content (AvgIpc) is 2.95. The number of carbonyl (C=O) groups is 2. The van der Waals surface area contributed by atoms with Crippen LogP contribution in [0.5, 0.6) is 5.75 Å². The number of nitrogens with one attached hydrogen (secondary N) is 1. The van der Waals surface area contributed by atoms with Crippen LogP contribution < -0.4 is 10.1 Å². The van der Waals surface area contributed by atoms with Crippen LogP contribution in [0, 0.1) is 5.82 Å². The van der Waals surface area contributed by atoms with E-state index in [0.29, 0.717) is 23.7 Å². The van der Waals surface area contributed by atoms with Crippen LogP contribution >= 0.6 is 0 Å². The minimum Gasteiger partial charge on any atom is -0.484 e. The molecular formula is C33H39FN2O3. The summed E-state index contributed by atoms with van der Waals surface area (Å²) < 4.78 is 20.6. The molecule has 1 aliphatic carbocycles. The highest BCUT2D eigenvalue weighted by Gasteiger charge is 2.32. The van der Waals surface area contributed by atoms with Crippen molar-refractivity contribution in [1.29, 1.82) is 0 Å². The zero-order valence-corrected chi connectivity index (χ0v) is 22.9. The van der Waals surface area contributed by atoms with Crippen molar-refractivity contribution >= 4 is 11.8 Å². The molecule has 0 heterocycles. The van der Waals surface area contributed by atoms with E-state index in [-0.39, 0.29) is 31.0 Å². The zero-order chi connectivity index (χ0) is 27.6. The van der Waals surface area contributed by atoms with Gasteiger partial charge in [0, 0.05) is 24.6 Å². The maximum Gasteiger partial charge on any atom is 0.261 e. The van der Waals surface area contributed by atoms with E-state index in [1.165, 1.54) is 23.0 Å². The first kappa shape index (κ1) is 28.3. The van der Waals surface area contributed by atoms with Crippen LogP contribution in [0.2, 0.25) is 0 Å². The highest BCUT2D eigenvalue weighted by atomic mass is 19.1. The normalized spacial score (nSPS) is 14.6. The van der Waals surface area contributed by atoms with Crippen LogP contribution in [-0.4, -0.2) is 35.4 Å². The third kappa shape index (κ3) is 8.16. The highest BCUT2D eigenvalue weighted by molar-refractivity contribution is 5.88. The molecule has 1 fully saturated rings. The molecule has 0 unspecified atom stereocenters. The SMILES string of the molecule is CC(C)c1ccc(OCC(=O)N(Cc2ccccc2F)[C@@H](Cc2ccccc2)C(=O)NC2CCCCC2)cc1. The Morgan fingerprint density at radius 2 is 1.59 bits per heavy atom. The summed E-state index contributed by atoms with van der Waals surface area (Å²) in [7, 11) is 0. The van der Waals surface area contributed by atoms with Gasteiger partial charge in [0.05, 0.1) is 0 Å². The number of nitrogens with zero attached hydrogens (tertiary/aromatic N) is 1. The molecule has 0 spiro atoms. The number of benzene rings is 3. The summed E-state index contributed by atoms with van der Waals surface area (Å²) in [6.45, 7) is 3.95. The summed E-state index contributed by atoms with van der Waals surface area (Å²) in [5.41, 5.74) is 2.46. The van der Waals surface area contributed by atoms with Gasteiger partial charge in [-0.1, -0.05) is 93.8 Å². The predicted octanol–water partition coefficient (Wildman–Crippen LogP) is 6.42. The number of hydrogen-bond acceptors (Lipinski definition) is 3. The second-order valence-electron chi connectivity index (χ2n) is 10.7. The Labute approximate surface area is 231 Å². The zero-order valence-electron chi connectivity index (χ0n) is 22.9. The van der Waals surface area contributed by atoms with Gasteiger partial charge in [-0.25, -0.2) is 4.39 Å². The molecule has 3 aromatic carbocycles. The summed E-state index contributed by atoms with van der Waals surface area (Å²) in [5, 5.41) is 3.20. The average molecular weight is 531 g/mol. The number of halogens is 1. The predicted molar refractivity (Wildman–Crippen MR) is 152 cm³/mol. The molecule has 6 heteroatoms. The van der Waals surface area contributed by atoms with Crippen molar-refractivity contribution in [3.63, 3.8) is 0 Å². The van der Waals surface area contributed by atoms with Crippen molar-refractivity contribution < 1.29 is 18.7 Å². The van der Waals surface area contributed by atoms with Gasteiger partial charge in [0.15, 0.2) is 6.61 Å². The molecule has 0 bridgehead atoms. The number of rotatable bonds is 11. The molecule has 2 amide bonds. The lowest BCUT2D eigenvalue weighted by molar-refractivity contribution is -0.143. The molecule has 1 atom stereocenters. The van der Waals surface area contributed by atoms with Gasteiger partial charge in [-0.15, -0.1) is 0 Å². The first-order valence-corrected chi connectivity index (χ1v) is 14.0. The van der Waals surface area contributed by atoms with E-state index in [1.54, 1.807) is 18.2 Å². The van der Waals surface area contributed by atoms with Crippen LogP contribution in [0.3, 0.4) is 0 Å². The van der Waals surface area contributed by atoms with Crippen LogP contribution in [0.15, 0.2) is 78.9 Å². The minimum atomic E-state index is -0.812. The maximum atomic E-state index is 14.8. The maximum absolute atomic E-state index is 14.8. The van der Waals surface area contributed by atoms with Gasteiger partial charge in [-0.05, 0) is 48.1 Å². The van der Waals surface area contributed by atoms with Gasteiger partial charge in [0.25, 0.3) is 5.91 Å². The largest absolute Gasteiger partial charge is 0.484 e. The number of carbonyl (C=O) groups excluding carboxylic acids is 2. The minimum absolute atomic E-state index is 0.0310. The fourth-order valence-corrected chi connectivity index (χ4v) is 5.09. The Balaban J connectivity index is 1.59. The van der Waals surface area contributed by atoms with Crippen molar-refractivity contribution in [2.45, 2.75) is 76.9 Å². The number of hydrogen-bond donors (Lipinski definition) is 1. The van der Waals surface area contributed by atoms with Crippen molar-refractivity contribution in [1.82, 2.24) is 10.2 Å². The van der Waals surface area contributed by atoms with Crippen molar-refractivity contribution in [3.05, 3.63) is 101 Å². The standard InChI is InChI=1S/C33H39FN2O3/c1-24(2)26-17-19-29(20-18-26)39-23-32(37)36(22-27-13-9-10-16-30(27)34)31(21-25-11-5-3-6-12-25)33(38)35-28-14-7-4-8-15-28/h3,5-6,9-13,16-20,24,28,31H,4,7-8,14-15,21-23H2,1-2H3,(H,35,38)/t31-/m0/s1. The van der Waals surface area contributed by atoms with Crippen LogP contribution in [0.25, 0.3) is 0 Å². The molecule has 4 rings (SSSR count). The van der Waals surface area contributed by atoms with Gasteiger partial charge < -0.3 is 15.0 Å². The van der Waals surface area contributed by atoms with E-state index >= 15 is 0 Å². The molecule has 0 aromatic heterocycles. The summed E-state index contributed by atoms with van der Waals surface area (Å²) in [6, 6.07) is 23.0. The topological polar surface area (TPSA) is 58.6 Å². The van der Waals surface area contributed by atoms with Crippen molar-refractivity contribution in [3.8, 4) is 5.75 Å². The number of ether oxygens (including phenoxy) is 1. The Hall–Kier alpha value is -3.67. The van der Waals surface area contributed by atoms with Crippen LogP contribution in [-0.2, 0) is 22.6 Å². The third-order valence-corrected chi connectivity index (χ3v) is 7.43. The summed E-state index contributed by atoms with van der Waals surface area (Å²) in [5.74, 6) is -0.0301. The molecule has 206 valence electrons. The van der Waals surface area contributed by atoms with Crippen LogP contribution in [0.1, 0.15) is 68.6 Å². The quantitative estimate of drug-likeness (QED) is 0.311. The van der Waals surface area contributed by atoms with E-state index < -0.39 is 11.9 Å². The Morgan fingerprint density at radius 1 is 0.923 bits per heavy atom. The Bertz CT molecular complexity index is 1210. The third-order valence-electron chi connectivity index (χ3n) is 7.43. The van der Waals surface area contributed by atoms with Crippen molar-refractivity contribution in [2.75, 3.05) is 6.61 Å². The lowest BCUT2D eigenvalue weighted by atomic mass is 9.94. The highest BCUT2D eigenvalue weighted by Crippen LogP contribution is 2.22. The van der Waals surface area contributed by atoms with Gasteiger partial charge in [0.1, 0.15) is 17.6 Å². The van der Waals surface area contributed by atoms with Gasteiger partial charge in [-0.3, -0.25) is 9.59 Å². The molecule has 5 nitrogen and oxygen atoms in total. The molecule has 1 aliphatic rings. The molecule has 39 heavy (non-hydrogen) atoms. The molecule has 3 aromatic rings. The second-order valence-corrected chi connectivity index (χ2v) is 10.7. The molecule has 1 N–H and O–H groups in total. The van der Waals surface area contributed by atoms with Gasteiger partial charge >= 0.3 is 0 Å². The molecule has 1 saturated carbocycles. The first-order chi connectivity index (χ1) is 18.9. The lowest BCUT2D eigenvalue weighted by Gasteiger charge is -2.33. The van der Waals surface area contributed by atoms with E-state index in [1.807, 2.05) is 54.6 Å². The Morgan fingerprint density at radius 3 is 2.26 bits per heavy atom. The van der Waals surface area contributed by atoms with Crippen LogP contribution in [0.4, 0.5) is 4.39 Å². The fourth-order valence-electron chi connectivity index (χ4n) is 5.09. The summed E-state index contributed by atoms with van der Waals surface area (Å²) >= 11 is 0. The van der Waals surface area contributed by atoms with E-state index in [9.17, 15) is 14.0 Å². The monoisotopic (exact) mass is 530 g/mol. The molecule has 0 saturated heterocycles. The Kier molecular flexibility index (Phi) is 10.1. The lowest BCUT2D eigenvalue weighted by Crippen LogP contribution is -2.53. The first-order valence-electron chi connectivity index (χ1n) is 14.0. The van der Waals surface area contributed by atoms with Gasteiger partial charge in [0.2, 0.25) is 5.91 Å². The molecule has 0 aliphatic heterocycles. The summed E-state index contributed by atoms with van der Waals surface area (Å²) in [6.07, 6.45) is 5.52. The van der Waals surface area contributed by atoms with E-state index in [2.05, 4.69) is 19.2 Å². The summed E-state index contributed by atoms with van der Waals surface area (Å²) in [4.78, 5) is 29.0.